The average molecular weight is 194 g/mol. The fourth-order valence-corrected chi connectivity index (χ4v) is 1.33. The minimum Gasteiger partial charge on any atom is -0.465 e. The summed E-state index contributed by atoms with van der Waals surface area (Å²) in [6, 6.07) is 7.13. The Morgan fingerprint density at radius 1 is 1.50 bits per heavy atom. The number of benzene rings is 1. The molecule has 1 atom stereocenters. The summed E-state index contributed by atoms with van der Waals surface area (Å²) in [5.41, 5.74) is 1.34. The van der Waals surface area contributed by atoms with Gasteiger partial charge in [-0.2, -0.15) is 0 Å². The zero-order valence-corrected chi connectivity index (χ0v) is 8.36. The van der Waals surface area contributed by atoms with E-state index in [0.29, 0.717) is 12.0 Å². The van der Waals surface area contributed by atoms with Gasteiger partial charge in [0.25, 0.3) is 0 Å². The van der Waals surface area contributed by atoms with Gasteiger partial charge < -0.3 is 9.84 Å². The van der Waals surface area contributed by atoms with Gasteiger partial charge in [0.1, 0.15) is 0 Å². The molecule has 0 aliphatic rings. The lowest BCUT2D eigenvalue weighted by molar-refractivity contribution is 0.0599. The SMILES string of the molecule is COC(=O)c1ccccc1C[C@H](C)O. The molecule has 1 aromatic carbocycles. The van der Waals surface area contributed by atoms with Gasteiger partial charge in [-0.1, -0.05) is 18.2 Å². The third-order valence-electron chi connectivity index (χ3n) is 1.94. The van der Waals surface area contributed by atoms with E-state index in [1.807, 2.05) is 12.1 Å². The highest BCUT2D eigenvalue weighted by Crippen LogP contribution is 2.12. The van der Waals surface area contributed by atoms with E-state index >= 15 is 0 Å². The Hall–Kier alpha value is -1.35. The Kier molecular flexibility index (Phi) is 3.65. The number of esters is 1. The summed E-state index contributed by atoms with van der Waals surface area (Å²) in [7, 11) is 1.35. The van der Waals surface area contributed by atoms with Gasteiger partial charge in [0.05, 0.1) is 18.8 Å². The quantitative estimate of drug-likeness (QED) is 0.740. The molecular weight excluding hydrogens is 180 g/mol. The summed E-state index contributed by atoms with van der Waals surface area (Å²) in [4.78, 5) is 11.3. The third kappa shape index (κ3) is 2.57. The molecule has 0 fully saturated rings. The number of ether oxygens (including phenoxy) is 1. The lowest BCUT2D eigenvalue weighted by atomic mass is 10.0. The van der Waals surface area contributed by atoms with E-state index in [0.717, 1.165) is 5.56 Å². The van der Waals surface area contributed by atoms with E-state index in [9.17, 15) is 9.90 Å². The van der Waals surface area contributed by atoms with Crippen molar-refractivity contribution in [3.8, 4) is 0 Å². The van der Waals surface area contributed by atoms with Crippen LogP contribution in [0.4, 0.5) is 0 Å². The molecule has 0 bridgehead atoms. The van der Waals surface area contributed by atoms with Gasteiger partial charge in [-0.15, -0.1) is 0 Å². The highest BCUT2D eigenvalue weighted by Gasteiger charge is 2.11. The first-order valence-corrected chi connectivity index (χ1v) is 4.49. The number of aliphatic hydroxyl groups is 1. The van der Waals surface area contributed by atoms with Crippen LogP contribution in [-0.2, 0) is 11.2 Å². The van der Waals surface area contributed by atoms with E-state index in [1.54, 1.807) is 19.1 Å². The van der Waals surface area contributed by atoms with Gasteiger partial charge in [0, 0.05) is 0 Å². The highest BCUT2D eigenvalue weighted by atomic mass is 16.5. The van der Waals surface area contributed by atoms with E-state index in [4.69, 9.17) is 0 Å². The molecule has 3 heteroatoms. The summed E-state index contributed by atoms with van der Waals surface area (Å²) < 4.78 is 4.64. The summed E-state index contributed by atoms with van der Waals surface area (Å²) in [6.07, 6.45) is 0.00598. The molecule has 0 radical (unpaired) electrons. The molecule has 0 saturated carbocycles. The van der Waals surface area contributed by atoms with Crippen LogP contribution in [0.2, 0.25) is 0 Å². The van der Waals surface area contributed by atoms with E-state index in [2.05, 4.69) is 4.74 Å². The van der Waals surface area contributed by atoms with E-state index < -0.39 is 6.10 Å². The molecule has 14 heavy (non-hydrogen) atoms. The number of hydrogen-bond donors (Lipinski definition) is 1. The fourth-order valence-electron chi connectivity index (χ4n) is 1.33. The molecule has 0 saturated heterocycles. The van der Waals surface area contributed by atoms with Crippen molar-refractivity contribution >= 4 is 5.97 Å². The molecule has 0 heterocycles. The maximum atomic E-state index is 11.3. The van der Waals surface area contributed by atoms with E-state index in [-0.39, 0.29) is 5.97 Å². The molecular formula is C11H14O3. The van der Waals surface area contributed by atoms with Crippen LogP contribution in [0.3, 0.4) is 0 Å². The van der Waals surface area contributed by atoms with Crippen LogP contribution in [-0.4, -0.2) is 24.3 Å². The van der Waals surface area contributed by atoms with Crippen LogP contribution in [0.5, 0.6) is 0 Å². The summed E-state index contributed by atoms with van der Waals surface area (Å²) in [5.74, 6) is -0.360. The molecule has 0 aromatic heterocycles. The Balaban J connectivity index is 2.97. The zero-order valence-electron chi connectivity index (χ0n) is 8.36. The number of carbonyl (C=O) groups is 1. The number of rotatable bonds is 3. The predicted molar refractivity (Wildman–Crippen MR) is 53.2 cm³/mol. The van der Waals surface area contributed by atoms with Crippen LogP contribution in [0, 0.1) is 0 Å². The number of carbonyl (C=O) groups excluding carboxylic acids is 1. The van der Waals surface area contributed by atoms with Crippen molar-refractivity contribution in [2.45, 2.75) is 19.4 Å². The van der Waals surface area contributed by atoms with Crippen LogP contribution < -0.4 is 0 Å². The van der Waals surface area contributed by atoms with Crippen molar-refractivity contribution in [1.29, 1.82) is 0 Å². The largest absolute Gasteiger partial charge is 0.465 e. The Bertz CT molecular complexity index is 318. The average Bonchev–Trinajstić information content (AvgIpc) is 2.16. The van der Waals surface area contributed by atoms with Crippen molar-refractivity contribution < 1.29 is 14.6 Å². The summed E-state index contributed by atoms with van der Waals surface area (Å²) in [6.45, 7) is 1.69. The molecule has 0 aliphatic heterocycles. The lowest BCUT2D eigenvalue weighted by Crippen LogP contribution is -2.11. The Morgan fingerprint density at radius 3 is 2.71 bits per heavy atom. The molecule has 0 spiro atoms. The minimum absolute atomic E-state index is 0.360. The van der Waals surface area contributed by atoms with Gasteiger partial charge in [0.15, 0.2) is 0 Å². The smallest absolute Gasteiger partial charge is 0.338 e. The maximum Gasteiger partial charge on any atom is 0.338 e. The molecule has 1 rings (SSSR count). The lowest BCUT2D eigenvalue weighted by Gasteiger charge is -2.08. The Labute approximate surface area is 83.3 Å². The topological polar surface area (TPSA) is 46.5 Å². The normalized spacial score (nSPS) is 12.2. The first-order valence-electron chi connectivity index (χ1n) is 4.49. The third-order valence-corrected chi connectivity index (χ3v) is 1.94. The summed E-state index contributed by atoms with van der Waals surface area (Å²) in [5, 5.41) is 9.23. The minimum atomic E-state index is -0.458. The molecule has 1 aromatic rings. The van der Waals surface area contributed by atoms with Gasteiger partial charge in [-0.25, -0.2) is 4.79 Å². The van der Waals surface area contributed by atoms with Crippen molar-refractivity contribution in [3.63, 3.8) is 0 Å². The second-order valence-corrected chi connectivity index (χ2v) is 3.20. The predicted octanol–water partition coefficient (Wildman–Crippen LogP) is 1.40. The fraction of sp³-hybridized carbons (Fsp3) is 0.364. The molecule has 3 nitrogen and oxygen atoms in total. The number of methoxy groups -OCH3 is 1. The number of aliphatic hydroxyl groups excluding tert-OH is 1. The van der Waals surface area contributed by atoms with Gasteiger partial charge in [-0.05, 0) is 25.0 Å². The molecule has 0 aliphatic carbocycles. The van der Waals surface area contributed by atoms with Crippen LogP contribution >= 0.6 is 0 Å². The number of hydrogen-bond acceptors (Lipinski definition) is 3. The standard InChI is InChI=1S/C11H14O3/c1-8(12)7-9-5-3-4-6-10(9)11(13)14-2/h3-6,8,12H,7H2,1-2H3/t8-/m0/s1. The van der Waals surface area contributed by atoms with Crippen molar-refractivity contribution in [2.24, 2.45) is 0 Å². The van der Waals surface area contributed by atoms with Crippen molar-refractivity contribution in [3.05, 3.63) is 35.4 Å². The molecule has 0 unspecified atom stereocenters. The van der Waals surface area contributed by atoms with Gasteiger partial charge in [0.2, 0.25) is 0 Å². The zero-order chi connectivity index (χ0) is 10.6. The van der Waals surface area contributed by atoms with Crippen LogP contribution in [0.25, 0.3) is 0 Å². The molecule has 76 valence electrons. The van der Waals surface area contributed by atoms with Crippen molar-refractivity contribution in [2.75, 3.05) is 7.11 Å². The first kappa shape index (κ1) is 10.7. The van der Waals surface area contributed by atoms with Gasteiger partial charge >= 0.3 is 5.97 Å². The maximum absolute atomic E-state index is 11.3. The summed E-state index contributed by atoms with van der Waals surface area (Å²) >= 11 is 0. The second kappa shape index (κ2) is 4.77. The molecule has 1 N–H and O–H groups in total. The highest BCUT2D eigenvalue weighted by molar-refractivity contribution is 5.90. The second-order valence-electron chi connectivity index (χ2n) is 3.20. The van der Waals surface area contributed by atoms with Crippen LogP contribution in [0.15, 0.2) is 24.3 Å². The van der Waals surface area contributed by atoms with Crippen LogP contribution in [0.1, 0.15) is 22.8 Å². The first-order chi connectivity index (χ1) is 6.65. The van der Waals surface area contributed by atoms with Crippen molar-refractivity contribution in [1.82, 2.24) is 0 Å². The molecule has 0 amide bonds. The Morgan fingerprint density at radius 2 is 2.14 bits per heavy atom. The van der Waals surface area contributed by atoms with Gasteiger partial charge in [-0.3, -0.25) is 0 Å². The monoisotopic (exact) mass is 194 g/mol. The van der Waals surface area contributed by atoms with E-state index in [1.165, 1.54) is 7.11 Å².